The van der Waals surface area contributed by atoms with Crippen LogP contribution in [0.15, 0.2) is 28.5 Å². The van der Waals surface area contributed by atoms with Gasteiger partial charge < -0.3 is 5.11 Å². The fourth-order valence-corrected chi connectivity index (χ4v) is 4.80. The van der Waals surface area contributed by atoms with E-state index in [1.165, 1.54) is 11.3 Å². The van der Waals surface area contributed by atoms with Gasteiger partial charge in [0.1, 0.15) is 4.90 Å². The number of hydrogen-bond donors (Lipinski definition) is 2. The lowest BCUT2D eigenvalue weighted by molar-refractivity contribution is 0.282. The Balaban J connectivity index is 2.46. The van der Waals surface area contributed by atoms with E-state index in [-0.39, 0.29) is 11.5 Å². The number of benzene rings is 1. The van der Waals surface area contributed by atoms with Crippen LogP contribution in [0.2, 0.25) is 0 Å². The summed E-state index contributed by atoms with van der Waals surface area (Å²) >= 11 is 1.25. The number of aliphatic hydroxyl groups is 1. The SMILES string of the molecule is Cc1cccc(NS(=O)(=O)c2c(C)csc2CO)c1C. The van der Waals surface area contributed by atoms with E-state index in [2.05, 4.69) is 4.72 Å². The monoisotopic (exact) mass is 311 g/mol. The van der Waals surface area contributed by atoms with Gasteiger partial charge in [-0.15, -0.1) is 11.3 Å². The molecule has 0 amide bonds. The number of aryl methyl sites for hydroxylation is 2. The molecule has 0 atom stereocenters. The molecule has 6 heteroatoms. The van der Waals surface area contributed by atoms with E-state index in [9.17, 15) is 13.5 Å². The van der Waals surface area contributed by atoms with Crippen molar-refractivity contribution in [3.05, 3.63) is 45.1 Å². The van der Waals surface area contributed by atoms with Gasteiger partial charge in [-0.3, -0.25) is 4.72 Å². The molecule has 0 unspecified atom stereocenters. The second kappa shape index (κ2) is 5.55. The number of nitrogens with one attached hydrogen (secondary N) is 1. The van der Waals surface area contributed by atoms with Crippen LogP contribution >= 0.6 is 11.3 Å². The van der Waals surface area contributed by atoms with Gasteiger partial charge in [0.05, 0.1) is 17.2 Å². The Hall–Kier alpha value is -1.37. The quantitative estimate of drug-likeness (QED) is 0.912. The predicted molar refractivity (Wildman–Crippen MR) is 81.7 cm³/mol. The van der Waals surface area contributed by atoms with Crippen LogP contribution in [0.3, 0.4) is 0 Å². The van der Waals surface area contributed by atoms with Gasteiger partial charge in [0.15, 0.2) is 0 Å². The first kappa shape index (κ1) is 15.0. The molecular weight excluding hydrogens is 294 g/mol. The molecule has 20 heavy (non-hydrogen) atoms. The summed E-state index contributed by atoms with van der Waals surface area (Å²) in [5.41, 5.74) is 3.14. The van der Waals surface area contributed by atoms with Crippen LogP contribution in [-0.4, -0.2) is 13.5 Å². The zero-order chi connectivity index (χ0) is 14.9. The highest BCUT2D eigenvalue weighted by Crippen LogP contribution is 2.29. The minimum atomic E-state index is -3.68. The van der Waals surface area contributed by atoms with Crippen LogP contribution in [-0.2, 0) is 16.6 Å². The Bertz CT molecular complexity index is 733. The van der Waals surface area contributed by atoms with Gasteiger partial charge in [-0.25, -0.2) is 8.42 Å². The Morgan fingerprint density at radius 1 is 1.20 bits per heavy atom. The van der Waals surface area contributed by atoms with Crippen molar-refractivity contribution in [2.45, 2.75) is 32.3 Å². The topological polar surface area (TPSA) is 66.4 Å². The summed E-state index contributed by atoms with van der Waals surface area (Å²) in [5, 5.41) is 11.0. The van der Waals surface area contributed by atoms with Gasteiger partial charge in [0, 0.05) is 0 Å². The Labute approximate surface area is 123 Å². The van der Waals surface area contributed by atoms with Crippen LogP contribution in [0.5, 0.6) is 0 Å². The second-order valence-corrected chi connectivity index (χ2v) is 7.27. The van der Waals surface area contributed by atoms with Gasteiger partial charge in [0.25, 0.3) is 10.0 Å². The molecule has 0 bridgehead atoms. The van der Waals surface area contributed by atoms with Crippen molar-refractivity contribution in [2.75, 3.05) is 4.72 Å². The van der Waals surface area contributed by atoms with Crippen molar-refractivity contribution >= 4 is 27.0 Å². The summed E-state index contributed by atoms with van der Waals surface area (Å²) in [5.74, 6) is 0. The number of rotatable bonds is 4. The molecule has 1 aromatic carbocycles. The predicted octanol–water partition coefficient (Wildman–Crippen LogP) is 2.97. The van der Waals surface area contributed by atoms with Crippen molar-refractivity contribution in [3.8, 4) is 0 Å². The summed E-state index contributed by atoms with van der Waals surface area (Å²) in [6.07, 6.45) is 0. The fourth-order valence-electron chi connectivity index (χ4n) is 2.01. The molecule has 1 aromatic heterocycles. The van der Waals surface area contributed by atoms with E-state index >= 15 is 0 Å². The molecule has 0 aliphatic carbocycles. The first-order valence-electron chi connectivity index (χ1n) is 6.13. The average molecular weight is 311 g/mol. The van der Waals surface area contributed by atoms with Crippen molar-refractivity contribution in [2.24, 2.45) is 0 Å². The maximum Gasteiger partial charge on any atom is 0.263 e. The number of sulfonamides is 1. The fraction of sp³-hybridized carbons (Fsp3) is 0.286. The van der Waals surface area contributed by atoms with Crippen molar-refractivity contribution < 1.29 is 13.5 Å². The summed E-state index contributed by atoms with van der Waals surface area (Å²) in [6, 6.07) is 5.48. The molecule has 0 spiro atoms. The Kier molecular flexibility index (Phi) is 4.17. The van der Waals surface area contributed by atoms with Gasteiger partial charge in [-0.05, 0) is 48.9 Å². The summed E-state index contributed by atoms with van der Waals surface area (Å²) < 4.78 is 27.6. The highest BCUT2D eigenvalue weighted by atomic mass is 32.2. The molecule has 2 rings (SSSR count). The van der Waals surface area contributed by atoms with E-state index in [0.29, 0.717) is 16.1 Å². The van der Waals surface area contributed by atoms with Crippen LogP contribution in [0.1, 0.15) is 21.6 Å². The van der Waals surface area contributed by atoms with Gasteiger partial charge in [0.2, 0.25) is 0 Å². The van der Waals surface area contributed by atoms with Gasteiger partial charge in [-0.2, -0.15) is 0 Å². The maximum absolute atomic E-state index is 12.5. The lowest BCUT2D eigenvalue weighted by atomic mass is 10.1. The molecule has 2 N–H and O–H groups in total. The lowest BCUT2D eigenvalue weighted by Crippen LogP contribution is -2.15. The van der Waals surface area contributed by atoms with Crippen molar-refractivity contribution in [1.82, 2.24) is 0 Å². The maximum atomic E-state index is 12.5. The third kappa shape index (κ3) is 2.72. The van der Waals surface area contributed by atoms with Crippen molar-refractivity contribution in [1.29, 1.82) is 0 Å². The minimum Gasteiger partial charge on any atom is -0.391 e. The largest absolute Gasteiger partial charge is 0.391 e. The van der Waals surface area contributed by atoms with E-state index < -0.39 is 10.0 Å². The molecule has 4 nitrogen and oxygen atoms in total. The van der Waals surface area contributed by atoms with Crippen LogP contribution < -0.4 is 4.72 Å². The highest BCUT2D eigenvalue weighted by Gasteiger charge is 2.23. The highest BCUT2D eigenvalue weighted by molar-refractivity contribution is 7.93. The number of aliphatic hydroxyl groups excluding tert-OH is 1. The van der Waals surface area contributed by atoms with Crippen LogP contribution in [0, 0.1) is 20.8 Å². The van der Waals surface area contributed by atoms with Crippen LogP contribution in [0.4, 0.5) is 5.69 Å². The first-order valence-corrected chi connectivity index (χ1v) is 8.50. The normalized spacial score (nSPS) is 11.6. The first-order chi connectivity index (χ1) is 9.36. The zero-order valence-electron chi connectivity index (χ0n) is 11.6. The molecular formula is C14H17NO3S2. The Morgan fingerprint density at radius 3 is 2.55 bits per heavy atom. The van der Waals surface area contributed by atoms with E-state index in [1.807, 2.05) is 26.0 Å². The second-order valence-electron chi connectivity index (χ2n) is 4.68. The van der Waals surface area contributed by atoms with E-state index in [0.717, 1.165) is 11.1 Å². The molecule has 108 valence electrons. The van der Waals surface area contributed by atoms with E-state index in [1.54, 1.807) is 18.4 Å². The van der Waals surface area contributed by atoms with Gasteiger partial charge in [-0.1, -0.05) is 12.1 Å². The standard InChI is InChI=1S/C14H17NO3S2/c1-9-5-4-6-12(11(9)3)15-20(17,18)14-10(2)8-19-13(14)7-16/h4-6,8,15-16H,7H2,1-3H3. The molecule has 0 radical (unpaired) electrons. The van der Waals surface area contributed by atoms with Crippen LogP contribution in [0.25, 0.3) is 0 Å². The number of hydrogen-bond acceptors (Lipinski definition) is 4. The molecule has 0 saturated carbocycles. The molecule has 0 aliphatic rings. The molecule has 2 aromatic rings. The van der Waals surface area contributed by atoms with Gasteiger partial charge >= 0.3 is 0 Å². The smallest absolute Gasteiger partial charge is 0.263 e. The zero-order valence-corrected chi connectivity index (χ0v) is 13.2. The average Bonchev–Trinajstić information content (AvgIpc) is 2.77. The lowest BCUT2D eigenvalue weighted by Gasteiger charge is -2.13. The third-order valence-electron chi connectivity index (χ3n) is 3.25. The molecule has 0 saturated heterocycles. The van der Waals surface area contributed by atoms with Crippen molar-refractivity contribution in [3.63, 3.8) is 0 Å². The summed E-state index contributed by atoms with van der Waals surface area (Å²) in [7, 11) is -3.68. The number of anilines is 1. The molecule has 1 heterocycles. The van der Waals surface area contributed by atoms with E-state index in [4.69, 9.17) is 0 Å². The summed E-state index contributed by atoms with van der Waals surface area (Å²) in [4.78, 5) is 0.645. The minimum absolute atomic E-state index is 0.186. The number of thiophene rings is 1. The Morgan fingerprint density at radius 2 is 1.90 bits per heavy atom. The summed E-state index contributed by atoms with van der Waals surface area (Å²) in [6.45, 7) is 5.26. The molecule has 0 fully saturated rings. The third-order valence-corrected chi connectivity index (χ3v) is 6.06. The molecule has 0 aliphatic heterocycles.